The highest BCUT2D eigenvalue weighted by molar-refractivity contribution is 7.33. The van der Waals surface area contributed by atoms with Gasteiger partial charge in [-0.05, 0) is 32.1 Å². The number of thiophene rings is 1. The van der Waals surface area contributed by atoms with E-state index in [1.54, 1.807) is 0 Å². The normalized spacial score (nSPS) is 17.5. The number of amides is 1. The predicted molar refractivity (Wildman–Crippen MR) is 81.4 cm³/mol. The molecule has 106 valence electrons. The van der Waals surface area contributed by atoms with Gasteiger partial charge in [0.15, 0.2) is 0 Å². The van der Waals surface area contributed by atoms with E-state index < -0.39 is 6.09 Å². The first-order valence-electron chi connectivity index (χ1n) is 7.32. The van der Waals surface area contributed by atoms with Crippen molar-refractivity contribution in [2.24, 2.45) is 0 Å². The topological polar surface area (TPSA) is 49.3 Å². The molecule has 2 rings (SSSR count). The van der Waals surface area contributed by atoms with Crippen LogP contribution in [0.2, 0.25) is 0 Å². The van der Waals surface area contributed by atoms with Crippen molar-refractivity contribution in [3.63, 3.8) is 0 Å². The molecule has 1 unspecified atom stereocenters. The second-order valence-corrected chi connectivity index (χ2v) is 7.30. The highest BCUT2D eigenvalue weighted by atomic mass is 32.2. The number of aryl methyl sites for hydroxylation is 1. The van der Waals surface area contributed by atoms with Crippen LogP contribution in [0, 0.1) is 0 Å². The Kier molecular flexibility index (Phi) is 4.86. The first kappa shape index (κ1) is 14.4. The number of hydrogen-bond acceptors (Lipinski definition) is 1. The van der Waals surface area contributed by atoms with Crippen molar-refractivity contribution < 1.29 is 9.90 Å². The third-order valence-corrected chi connectivity index (χ3v) is 6.12. The summed E-state index contributed by atoms with van der Waals surface area (Å²) in [5.74, 6) is 1.66. The maximum atomic E-state index is 11.0. The van der Waals surface area contributed by atoms with Crippen LogP contribution in [-0.2, 0) is 12.2 Å². The Hall–Kier alpha value is -1.03. The van der Waals surface area contributed by atoms with E-state index >= 15 is 0 Å². The van der Waals surface area contributed by atoms with Crippen LogP contribution in [0.1, 0.15) is 63.0 Å². The van der Waals surface area contributed by atoms with Gasteiger partial charge in [0, 0.05) is 21.6 Å². The Bertz CT molecular complexity index is 447. The third-order valence-electron chi connectivity index (χ3n) is 4.08. The van der Waals surface area contributed by atoms with Crippen molar-refractivity contribution in [1.82, 2.24) is 0 Å². The van der Waals surface area contributed by atoms with Crippen molar-refractivity contribution in [2.75, 3.05) is 5.32 Å². The molecule has 3 nitrogen and oxygen atoms in total. The Balaban J connectivity index is 2.36. The molecule has 0 saturated heterocycles. The summed E-state index contributed by atoms with van der Waals surface area (Å²) >= 11 is 0. The van der Waals surface area contributed by atoms with Crippen LogP contribution in [0.25, 0.3) is 0 Å². The summed E-state index contributed by atoms with van der Waals surface area (Å²) in [4.78, 5) is 11.0. The highest BCUT2D eigenvalue weighted by Crippen LogP contribution is 2.45. The van der Waals surface area contributed by atoms with Crippen LogP contribution in [0.3, 0.4) is 0 Å². The highest BCUT2D eigenvalue weighted by Gasteiger charge is 2.29. The lowest BCUT2D eigenvalue weighted by atomic mass is 9.83. The van der Waals surface area contributed by atoms with Gasteiger partial charge in [-0.2, -0.15) is 0 Å². The van der Waals surface area contributed by atoms with E-state index in [-0.39, 0.29) is 10.5 Å². The fourth-order valence-electron chi connectivity index (χ4n) is 3.16. The zero-order valence-corrected chi connectivity index (χ0v) is 12.7. The zero-order valence-electron chi connectivity index (χ0n) is 11.9. The summed E-state index contributed by atoms with van der Waals surface area (Å²) in [6.45, 7) is 4.28. The minimum atomic E-state index is -0.926. The molecule has 0 radical (unpaired) electrons. The molecule has 1 aromatic rings. The number of rotatable bonds is 4. The molecule has 1 aliphatic carbocycles. The van der Waals surface area contributed by atoms with E-state index in [1.165, 1.54) is 43.2 Å². The maximum absolute atomic E-state index is 11.0. The largest absolute Gasteiger partial charge is 0.465 e. The lowest BCUT2D eigenvalue weighted by molar-refractivity contribution is 0.210. The lowest BCUT2D eigenvalue weighted by Crippen LogP contribution is -2.10. The molecule has 2 N–H and O–H groups in total. The van der Waals surface area contributed by atoms with E-state index in [2.05, 4.69) is 24.5 Å². The molecular weight excluding hydrogens is 258 g/mol. The van der Waals surface area contributed by atoms with Crippen LogP contribution in [-0.4, -0.2) is 11.2 Å². The first-order chi connectivity index (χ1) is 9.17. The van der Waals surface area contributed by atoms with Gasteiger partial charge in [0.05, 0.1) is 0 Å². The minimum Gasteiger partial charge on any atom is -0.465 e. The molecule has 0 aromatic carbocycles. The lowest BCUT2D eigenvalue weighted by Gasteiger charge is -2.20. The van der Waals surface area contributed by atoms with Gasteiger partial charge in [-0.3, -0.25) is 0 Å². The molecule has 0 spiro atoms. The predicted octanol–water partition coefficient (Wildman–Crippen LogP) is 5.16. The van der Waals surface area contributed by atoms with Crippen LogP contribution in [0.5, 0.6) is 0 Å². The molecule has 1 atom stereocenters. The van der Waals surface area contributed by atoms with Crippen molar-refractivity contribution in [3.05, 3.63) is 16.5 Å². The van der Waals surface area contributed by atoms with E-state index in [0.717, 1.165) is 17.2 Å². The van der Waals surface area contributed by atoms with Crippen molar-refractivity contribution in [2.45, 2.75) is 64.0 Å². The molecule has 4 heteroatoms. The average Bonchev–Trinajstić information content (AvgIpc) is 2.76. The molecule has 0 bridgehead atoms. The van der Waals surface area contributed by atoms with Crippen molar-refractivity contribution in [3.8, 4) is 0 Å². The Labute approximate surface area is 118 Å². The van der Waals surface area contributed by atoms with Crippen LogP contribution in [0.4, 0.5) is 9.80 Å². The molecule has 1 saturated carbocycles. The van der Waals surface area contributed by atoms with E-state index in [1.807, 2.05) is 0 Å². The maximum Gasteiger partial charge on any atom is 0.412 e. The average molecular weight is 282 g/mol. The molecule has 1 aromatic heterocycles. The van der Waals surface area contributed by atoms with Gasteiger partial charge in [-0.25, -0.2) is 10.1 Å². The fraction of sp³-hybridized carbons (Fsp3) is 0.667. The first-order valence-corrected chi connectivity index (χ1v) is 8.77. The Morgan fingerprint density at radius 3 is 2.58 bits per heavy atom. The summed E-state index contributed by atoms with van der Waals surface area (Å²) in [5.41, 5.74) is 2.73. The van der Waals surface area contributed by atoms with E-state index in [9.17, 15) is 4.79 Å². The summed E-state index contributed by atoms with van der Waals surface area (Å²) in [5, 5.41) is 15.0. The monoisotopic (exact) mass is 282 g/mol. The van der Waals surface area contributed by atoms with Crippen molar-refractivity contribution >= 4 is 21.6 Å². The summed E-state index contributed by atoms with van der Waals surface area (Å²) in [7, 11) is -0.0287. The SMILES string of the molecule is CCc1c(C2CCCCC2)c[s+](CC)c1NC(=O)O. The van der Waals surface area contributed by atoms with Gasteiger partial charge < -0.3 is 5.11 Å². The molecular formula is C15H24NO2S+. The van der Waals surface area contributed by atoms with Gasteiger partial charge in [0.25, 0.3) is 5.00 Å². The van der Waals surface area contributed by atoms with Gasteiger partial charge in [0.2, 0.25) is 0 Å². The fourth-order valence-corrected chi connectivity index (χ4v) is 5.17. The van der Waals surface area contributed by atoms with Gasteiger partial charge in [-0.1, -0.05) is 26.2 Å². The number of anilines is 1. The van der Waals surface area contributed by atoms with Crippen LogP contribution < -0.4 is 5.32 Å². The second-order valence-electron chi connectivity index (χ2n) is 5.22. The Morgan fingerprint density at radius 2 is 2.05 bits per heavy atom. The molecule has 1 fully saturated rings. The van der Waals surface area contributed by atoms with Gasteiger partial charge in [-0.15, -0.1) is 0 Å². The van der Waals surface area contributed by atoms with E-state index in [4.69, 9.17) is 5.11 Å². The smallest absolute Gasteiger partial charge is 0.412 e. The van der Waals surface area contributed by atoms with E-state index in [0.29, 0.717) is 5.92 Å². The Morgan fingerprint density at radius 1 is 1.37 bits per heavy atom. The van der Waals surface area contributed by atoms with Gasteiger partial charge in [0.1, 0.15) is 11.1 Å². The molecule has 1 heterocycles. The quantitative estimate of drug-likeness (QED) is 0.750. The van der Waals surface area contributed by atoms with Gasteiger partial charge >= 0.3 is 6.09 Å². The molecule has 0 aliphatic heterocycles. The number of carboxylic acid groups (broad SMARTS) is 1. The standard InChI is InChI=1S/C15H23NO2S/c1-3-12-13(11-8-6-5-7-9-11)10-19(4-2)14(12)16-15(17)18/h10-11,16H,3-9H2,1-2H3/p+1. The molecule has 1 aliphatic rings. The van der Waals surface area contributed by atoms with Crippen LogP contribution in [0.15, 0.2) is 5.38 Å². The third kappa shape index (κ3) is 3.11. The summed E-state index contributed by atoms with van der Waals surface area (Å²) < 4.78 is 0. The summed E-state index contributed by atoms with van der Waals surface area (Å²) in [6, 6.07) is 0. The summed E-state index contributed by atoms with van der Waals surface area (Å²) in [6.07, 6.45) is 6.55. The number of hydrogen-bond donors (Lipinski definition) is 2. The second kappa shape index (κ2) is 6.42. The number of nitrogens with one attached hydrogen (secondary N) is 1. The zero-order chi connectivity index (χ0) is 13.8. The van der Waals surface area contributed by atoms with Crippen molar-refractivity contribution in [1.29, 1.82) is 0 Å². The molecule has 19 heavy (non-hydrogen) atoms. The number of carbonyl (C=O) groups is 1. The minimum absolute atomic E-state index is 0.0287. The van der Waals surface area contributed by atoms with Crippen LogP contribution >= 0.6 is 10.5 Å². The molecule has 1 amide bonds.